The number of aromatic nitrogens is 4. The first-order valence-electron chi connectivity index (χ1n) is 8.72. The fraction of sp³-hybridized carbons (Fsp3) is 0.467. The van der Waals surface area contributed by atoms with Crippen molar-refractivity contribution in [2.24, 2.45) is 16.5 Å². The smallest absolute Gasteiger partial charge is 0.351 e. The highest BCUT2D eigenvalue weighted by molar-refractivity contribution is 5.85. The third-order valence-corrected chi connectivity index (χ3v) is 4.05. The molecule has 158 valence electrons. The summed E-state index contributed by atoms with van der Waals surface area (Å²) in [5.41, 5.74) is 14.9. The Bertz CT molecular complexity index is 1020. The number of nitrogens with zero attached hydrogens (tertiary/aromatic N) is 4. The maximum atomic E-state index is 12.3. The zero-order chi connectivity index (χ0) is 21.6. The molecule has 0 spiro atoms. The first-order chi connectivity index (χ1) is 13.7. The van der Waals surface area contributed by atoms with E-state index in [0.29, 0.717) is 6.42 Å². The fourth-order valence-electron chi connectivity index (χ4n) is 2.67. The third-order valence-electron chi connectivity index (χ3n) is 4.05. The van der Waals surface area contributed by atoms with Crippen molar-refractivity contribution in [1.29, 1.82) is 0 Å². The van der Waals surface area contributed by atoms with Crippen LogP contribution in [-0.4, -0.2) is 57.6 Å². The lowest BCUT2D eigenvalue weighted by atomic mass is 10.1. The highest BCUT2D eigenvalue weighted by Crippen LogP contribution is 2.11. The molecule has 0 amide bonds. The Morgan fingerprint density at radius 1 is 1.34 bits per heavy atom. The first kappa shape index (κ1) is 21.6. The molecule has 1 atom stereocenters. The van der Waals surface area contributed by atoms with Crippen molar-refractivity contribution >= 4 is 34.7 Å². The number of carbonyl (C=O) groups excluding carboxylic acids is 1. The second-order valence-corrected chi connectivity index (χ2v) is 6.07. The standard InChI is InChI=1S/C15H24N10O4/c1-19-14-23-10-8(11(26)24-14)9(16)22-15(29)25(10)6-5-20-7(12(27)28)3-2-4-21-13(17)18/h7,20H,2-6H2,1H3,(H,27,28)(H2,16,22,29)(H4,17,18,21)(H2,19,23,24,26)/p-1/t7-/m0/s1. The molecule has 0 aromatic carbocycles. The summed E-state index contributed by atoms with van der Waals surface area (Å²) in [5, 5.41) is 16.7. The number of hydrogen-bond acceptors (Lipinski definition) is 10. The van der Waals surface area contributed by atoms with Crippen LogP contribution in [0.25, 0.3) is 11.0 Å². The Labute approximate surface area is 164 Å². The number of aliphatic carboxylic acids is 1. The molecule has 0 saturated carbocycles. The van der Waals surface area contributed by atoms with E-state index in [0.717, 1.165) is 4.57 Å². The Kier molecular flexibility index (Phi) is 7.08. The van der Waals surface area contributed by atoms with Gasteiger partial charge in [-0.25, -0.2) is 4.79 Å². The number of nitrogens with one attached hydrogen (secondary N) is 3. The lowest BCUT2D eigenvalue weighted by molar-refractivity contribution is -0.308. The maximum Gasteiger partial charge on any atom is 0.351 e. The average Bonchev–Trinajstić information content (AvgIpc) is 2.64. The van der Waals surface area contributed by atoms with E-state index in [1.54, 1.807) is 7.05 Å². The van der Waals surface area contributed by atoms with Gasteiger partial charge in [0.1, 0.15) is 11.2 Å². The molecule has 29 heavy (non-hydrogen) atoms. The Hall–Kier alpha value is -3.68. The van der Waals surface area contributed by atoms with Crippen LogP contribution in [0, 0.1) is 0 Å². The van der Waals surface area contributed by atoms with Crippen molar-refractivity contribution < 1.29 is 9.90 Å². The Morgan fingerprint density at radius 3 is 2.69 bits per heavy atom. The van der Waals surface area contributed by atoms with E-state index >= 15 is 0 Å². The van der Waals surface area contributed by atoms with Crippen molar-refractivity contribution in [1.82, 2.24) is 24.8 Å². The molecule has 2 aromatic heterocycles. The summed E-state index contributed by atoms with van der Waals surface area (Å²) in [7, 11) is 1.55. The molecule has 14 heteroatoms. The van der Waals surface area contributed by atoms with E-state index in [1.165, 1.54) is 0 Å². The second-order valence-electron chi connectivity index (χ2n) is 6.07. The molecule has 0 aliphatic heterocycles. The van der Waals surface area contributed by atoms with Crippen LogP contribution in [-0.2, 0) is 11.3 Å². The van der Waals surface area contributed by atoms with Gasteiger partial charge in [0.05, 0.1) is 5.97 Å². The number of carboxylic acids is 1. The molecule has 0 fully saturated rings. The minimum atomic E-state index is -1.30. The van der Waals surface area contributed by atoms with E-state index in [2.05, 4.69) is 30.6 Å². The number of fused-ring (bicyclic) bond motifs is 1. The zero-order valence-corrected chi connectivity index (χ0v) is 15.8. The van der Waals surface area contributed by atoms with Gasteiger partial charge in [-0.1, -0.05) is 0 Å². The average molecular weight is 407 g/mol. The summed E-state index contributed by atoms with van der Waals surface area (Å²) in [5.74, 6) is -1.47. The summed E-state index contributed by atoms with van der Waals surface area (Å²) in [6, 6.07) is -0.975. The molecule has 0 aliphatic carbocycles. The van der Waals surface area contributed by atoms with Crippen molar-refractivity contribution in [2.75, 3.05) is 31.2 Å². The first-order valence-corrected chi connectivity index (χ1v) is 8.72. The van der Waals surface area contributed by atoms with Crippen molar-refractivity contribution in [3.63, 3.8) is 0 Å². The zero-order valence-electron chi connectivity index (χ0n) is 15.8. The third kappa shape index (κ3) is 5.41. The number of nitrogen functional groups attached to an aromatic ring is 1. The van der Waals surface area contributed by atoms with E-state index in [9.17, 15) is 19.5 Å². The number of rotatable bonds is 10. The van der Waals surface area contributed by atoms with Crippen molar-refractivity contribution in [2.45, 2.75) is 25.4 Å². The Morgan fingerprint density at radius 2 is 2.07 bits per heavy atom. The highest BCUT2D eigenvalue weighted by atomic mass is 16.4. The maximum absolute atomic E-state index is 12.3. The molecule has 14 nitrogen and oxygen atoms in total. The van der Waals surface area contributed by atoms with E-state index in [1.807, 2.05) is 0 Å². The van der Waals surface area contributed by atoms with Crippen LogP contribution < -0.4 is 44.2 Å². The molecule has 0 aliphatic rings. The minimum Gasteiger partial charge on any atom is -0.548 e. The van der Waals surface area contributed by atoms with E-state index in [-0.39, 0.29) is 54.8 Å². The van der Waals surface area contributed by atoms with Crippen LogP contribution in [0.4, 0.5) is 11.8 Å². The van der Waals surface area contributed by atoms with Gasteiger partial charge in [-0.2, -0.15) is 9.97 Å². The van der Waals surface area contributed by atoms with Crippen LogP contribution in [0.2, 0.25) is 0 Å². The van der Waals surface area contributed by atoms with Gasteiger partial charge in [0, 0.05) is 32.7 Å². The molecule has 0 bridgehead atoms. The van der Waals surface area contributed by atoms with Crippen LogP contribution in [0.5, 0.6) is 0 Å². The van der Waals surface area contributed by atoms with Gasteiger partial charge in [0.25, 0.3) is 5.56 Å². The number of guanidine groups is 1. The molecule has 0 radical (unpaired) electrons. The van der Waals surface area contributed by atoms with Crippen LogP contribution in [0.3, 0.4) is 0 Å². The number of carboxylic acid groups (broad SMARTS) is 1. The van der Waals surface area contributed by atoms with Gasteiger partial charge in [-0.15, -0.1) is 0 Å². The topological polar surface area (TPSA) is 235 Å². The summed E-state index contributed by atoms with van der Waals surface area (Å²) in [6.07, 6.45) is 0.634. The van der Waals surface area contributed by atoms with Gasteiger partial charge in [-0.05, 0) is 12.8 Å². The normalized spacial score (nSPS) is 11.9. The number of aliphatic imine (C=N–C) groups is 1. The number of nitrogens with two attached hydrogens (primary N) is 3. The van der Waals surface area contributed by atoms with Gasteiger partial charge in [0.15, 0.2) is 11.6 Å². The largest absolute Gasteiger partial charge is 0.548 e. The van der Waals surface area contributed by atoms with E-state index in [4.69, 9.17) is 17.2 Å². The van der Waals surface area contributed by atoms with E-state index < -0.39 is 23.3 Å². The van der Waals surface area contributed by atoms with Crippen molar-refractivity contribution in [3.05, 3.63) is 20.8 Å². The lowest BCUT2D eigenvalue weighted by Gasteiger charge is -2.20. The molecule has 2 heterocycles. The fourth-order valence-corrected chi connectivity index (χ4v) is 2.67. The predicted molar refractivity (Wildman–Crippen MR) is 105 cm³/mol. The quantitative estimate of drug-likeness (QED) is 0.126. The molecule has 0 unspecified atom stereocenters. The van der Waals surface area contributed by atoms with Crippen LogP contribution in [0.15, 0.2) is 14.6 Å². The molecule has 2 aromatic rings. The van der Waals surface area contributed by atoms with Gasteiger partial charge in [0.2, 0.25) is 5.95 Å². The lowest BCUT2D eigenvalue weighted by Crippen LogP contribution is -2.47. The molecule has 0 saturated heterocycles. The number of anilines is 2. The number of carbonyl (C=O) groups is 1. The summed E-state index contributed by atoms with van der Waals surface area (Å²) in [4.78, 5) is 49.8. The van der Waals surface area contributed by atoms with Crippen molar-refractivity contribution in [3.8, 4) is 0 Å². The monoisotopic (exact) mass is 407 g/mol. The van der Waals surface area contributed by atoms with Crippen LogP contribution in [0.1, 0.15) is 12.8 Å². The van der Waals surface area contributed by atoms with Crippen LogP contribution >= 0.6 is 0 Å². The number of aromatic amines is 1. The highest BCUT2D eigenvalue weighted by Gasteiger charge is 2.15. The summed E-state index contributed by atoms with van der Waals surface area (Å²) in [6.45, 7) is 0.351. The number of hydrogen-bond donors (Lipinski definition) is 6. The second kappa shape index (κ2) is 9.50. The summed E-state index contributed by atoms with van der Waals surface area (Å²) >= 11 is 0. The molecular weight excluding hydrogens is 384 g/mol. The number of H-pyrrole nitrogens is 1. The Balaban J connectivity index is 2.18. The predicted octanol–water partition coefficient (Wildman–Crippen LogP) is -4.13. The SMILES string of the molecule is CNc1nc2c(c(N)nc(=O)n2CCN[C@@H](CCCN=C(N)N)C(=O)[O-])c(=O)[nH]1. The molecular formula is C15H23N10O4-. The van der Waals surface area contributed by atoms with Gasteiger partial charge >= 0.3 is 5.69 Å². The molecule has 2 rings (SSSR count). The van der Waals surface area contributed by atoms with Gasteiger partial charge in [-0.3, -0.25) is 19.3 Å². The minimum absolute atomic E-state index is 0.0000973. The van der Waals surface area contributed by atoms with Gasteiger partial charge < -0.3 is 37.7 Å². The summed E-state index contributed by atoms with van der Waals surface area (Å²) < 4.78 is 1.14. The molecule has 9 N–H and O–H groups in total.